The molecule has 20 heavy (non-hydrogen) atoms. The van der Waals surface area contributed by atoms with Crippen molar-refractivity contribution in [2.45, 2.75) is 33.5 Å². The first-order valence-corrected chi connectivity index (χ1v) is 7.05. The van der Waals surface area contributed by atoms with Crippen LogP contribution in [0.15, 0.2) is 35.0 Å². The average molecular weight is 273 g/mol. The quantitative estimate of drug-likeness (QED) is 0.842. The summed E-state index contributed by atoms with van der Waals surface area (Å²) in [4.78, 5) is 6.37. The minimum Gasteiger partial charge on any atom is -0.463 e. The summed E-state index contributed by atoms with van der Waals surface area (Å²) in [6, 6.07) is 6.19. The summed E-state index contributed by atoms with van der Waals surface area (Å²) in [6.07, 6.45) is 3.70. The maximum Gasteiger partial charge on any atom is 0.120 e. The molecule has 4 nitrogen and oxygen atoms in total. The van der Waals surface area contributed by atoms with E-state index >= 15 is 0 Å². The van der Waals surface area contributed by atoms with Crippen molar-refractivity contribution in [3.63, 3.8) is 0 Å². The molecule has 0 aliphatic heterocycles. The molecule has 0 saturated carbocycles. The lowest BCUT2D eigenvalue weighted by Gasteiger charge is -2.14. The molecule has 0 aromatic carbocycles. The highest BCUT2D eigenvalue weighted by atomic mass is 16.3. The zero-order valence-corrected chi connectivity index (χ0v) is 12.5. The van der Waals surface area contributed by atoms with Crippen LogP contribution in [0.1, 0.15) is 29.6 Å². The Morgan fingerprint density at radius 1 is 1.35 bits per heavy atom. The van der Waals surface area contributed by atoms with Gasteiger partial charge in [0.2, 0.25) is 0 Å². The van der Waals surface area contributed by atoms with Gasteiger partial charge in [0.1, 0.15) is 11.5 Å². The summed E-state index contributed by atoms with van der Waals surface area (Å²) < 4.78 is 5.91. The van der Waals surface area contributed by atoms with E-state index in [0.717, 1.165) is 37.7 Å². The van der Waals surface area contributed by atoms with Gasteiger partial charge in [0.25, 0.3) is 0 Å². The normalized spacial score (nSPS) is 11.2. The summed E-state index contributed by atoms with van der Waals surface area (Å²) in [5.74, 6) is 2.05. The lowest BCUT2D eigenvalue weighted by Crippen LogP contribution is -2.17. The fourth-order valence-electron chi connectivity index (χ4n) is 2.21. The largest absolute Gasteiger partial charge is 0.463 e. The molecule has 108 valence electrons. The number of aromatic nitrogens is 1. The molecular formula is C16H23N3O. The molecule has 2 aromatic rings. The third-order valence-corrected chi connectivity index (χ3v) is 3.21. The summed E-state index contributed by atoms with van der Waals surface area (Å²) in [5.41, 5.74) is 2.43. The van der Waals surface area contributed by atoms with Gasteiger partial charge in [0.15, 0.2) is 0 Å². The van der Waals surface area contributed by atoms with Crippen molar-refractivity contribution >= 4 is 0 Å². The first-order chi connectivity index (χ1) is 9.69. The van der Waals surface area contributed by atoms with E-state index in [-0.39, 0.29) is 0 Å². The summed E-state index contributed by atoms with van der Waals surface area (Å²) in [7, 11) is 2.09. The van der Waals surface area contributed by atoms with Gasteiger partial charge in [-0.25, -0.2) is 0 Å². The highest BCUT2D eigenvalue weighted by Gasteiger charge is 2.09. The first kappa shape index (κ1) is 14.8. The molecule has 0 bridgehead atoms. The van der Waals surface area contributed by atoms with Crippen LogP contribution in [0.25, 0.3) is 0 Å². The molecule has 0 spiro atoms. The van der Waals surface area contributed by atoms with E-state index in [0.29, 0.717) is 0 Å². The molecule has 4 heteroatoms. The minimum atomic E-state index is 0.800. The van der Waals surface area contributed by atoms with Gasteiger partial charge in [-0.1, -0.05) is 13.0 Å². The Labute approximate surface area is 120 Å². The van der Waals surface area contributed by atoms with Crippen molar-refractivity contribution in [2.24, 2.45) is 0 Å². The number of nitrogens with one attached hydrogen (secondary N) is 1. The maximum atomic E-state index is 5.91. The monoisotopic (exact) mass is 273 g/mol. The average Bonchev–Trinajstić information content (AvgIpc) is 2.77. The van der Waals surface area contributed by atoms with Gasteiger partial charge in [-0.05, 0) is 43.8 Å². The lowest BCUT2D eigenvalue weighted by molar-refractivity contribution is 0.282. The van der Waals surface area contributed by atoms with E-state index in [1.807, 2.05) is 12.3 Å². The molecule has 2 heterocycles. The molecule has 0 atom stereocenters. The highest BCUT2D eigenvalue weighted by molar-refractivity contribution is 5.20. The Hall–Kier alpha value is -1.65. The minimum absolute atomic E-state index is 0.800. The van der Waals surface area contributed by atoms with E-state index in [1.54, 1.807) is 6.20 Å². The van der Waals surface area contributed by atoms with Crippen LogP contribution >= 0.6 is 0 Å². The van der Waals surface area contributed by atoms with Crippen molar-refractivity contribution in [1.29, 1.82) is 0 Å². The molecule has 0 amide bonds. The van der Waals surface area contributed by atoms with Crippen LogP contribution in [0.3, 0.4) is 0 Å². The number of aryl methyl sites for hydroxylation is 1. The zero-order valence-electron chi connectivity index (χ0n) is 12.5. The second kappa shape index (κ2) is 7.22. The topological polar surface area (TPSA) is 41.3 Å². The van der Waals surface area contributed by atoms with E-state index < -0.39 is 0 Å². The Kier molecular flexibility index (Phi) is 5.32. The second-order valence-corrected chi connectivity index (χ2v) is 5.13. The molecule has 0 aliphatic rings. The fourth-order valence-corrected chi connectivity index (χ4v) is 2.21. The zero-order chi connectivity index (χ0) is 14.4. The van der Waals surface area contributed by atoms with Crippen LogP contribution in [0.5, 0.6) is 0 Å². The van der Waals surface area contributed by atoms with Crippen LogP contribution in [-0.2, 0) is 19.6 Å². The van der Waals surface area contributed by atoms with E-state index in [4.69, 9.17) is 4.42 Å². The lowest BCUT2D eigenvalue weighted by atomic mass is 10.2. The fraction of sp³-hybridized carbons (Fsp3) is 0.438. The number of hydrogen-bond acceptors (Lipinski definition) is 4. The summed E-state index contributed by atoms with van der Waals surface area (Å²) in [5, 5.41) is 3.30. The molecular weight excluding hydrogens is 250 g/mol. The third kappa shape index (κ3) is 4.18. The van der Waals surface area contributed by atoms with Crippen molar-refractivity contribution in [2.75, 3.05) is 13.6 Å². The Morgan fingerprint density at radius 3 is 2.90 bits per heavy atom. The predicted molar refractivity (Wildman–Crippen MR) is 80.2 cm³/mol. The van der Waals surface area contributed by atoms with Crippen LogP contribution in [0, 0.1) is 6.92 Å². The Bertz CT molecular complexity index is 522. The molecule has 0 radical (unpaired) electrons. The van der Waals surface area contributed by atoms with Crippen LogP contribution < -0.4 is 5.32 Å². The van der Waals surface area contributed by atoms with Gasteiger partial charge >= 0.3 is 0 Å². The van der Waals surface area contributed by atoms with Crippen molar-refractivity contribution in [3.05, 3.63) is 53.2 Å². The standard InChI is InChI=1S/C16H23N3O/c1-4-17-10-16-13(2)8-15(20-16)12-19(3)11-14-6-5-7-18-9-14/h5-9,17H,4,10-12H2,1-3H3. The smallest absolute Gasteiger partial charge is 0.120 e. The van der Waals surface area contributed by atoms with Crippen molar-refractivity contribution in [3.8, 4) is 0 Å². The third-order valence-electron chi connectivity index (χ3n) is 3.21. The van der Waals surface area contributed by atoms with Crippen LogP contribution in [0.2, 0.25) is 0 Å². The molecule has 0 saturated heterocycles. The van der Waals surface area contributed by atoms with Gasteiger partial charge in [-0.15, -0.1) is 0 Å². The van der Waals surface area contributed by atoms with Crippen molar-refractivity contribution < 1.29 is 4.42 Å². The van der Waals surface area contributed by atoms with E-state index in [1.165, 1.54) is 11.1 Å². The molecule has 0 fully saturated rings. The summed E-state index contributed by atoms with van der Waals surface area (Å²) in [6.45, 7) is 7.63. The van der Waals surface area contributed by atoms with Gasteiger partial charge < -0.3 is 9.73 Å². The van der Waals surface area contributed by atoms with Gasteiger partial charge in [-0.2, -0.15) is 0 Å². The van der Waals surface area contributed by atoms with Crippen LogP contribution in [0.4, 0.5) is 0 Å². The molecule has 0 unspecified atom stereocenters. The van der Waals surface area contributed by atoms with Crippen LogP contribution in [-0.4, -0.2) is 23.5 Å². The van der Waals surface area contributed by atoms with Gasteiger partial charge in [-0.3, -0.25) is 9.88 Å². The Morgan fingerprint density at radius 2 is 2.20 bits per heavy atom. The molecule has 2 aromatic heterocycles. The second-order valence-electron chi connectivity index (χ2n) is 5.13. The summed E-state index contributed by atoms with van der Waals surface area (Å²) >= 11 is 0. The van der Waals surface area contributed by atoms with E-state index in [9.17, 15) is 0 Å². The predicted octanol–water partition coefficient (Wildman–Crippen LogP) is 2.72. The maximum absolute atomic E-state index is 5.91. The molecule has 0 aliphatic carbocycles. The van der Waals surface area contributed by atoms with Crippen molar-refractivity contribution in [1.82, 2.24) is 15.2 Å². The van der Waals surface area contributed by atoms with Gasteiger partial charge in [0, 0.05) is 18.9 Å². The molecule has 2 rings (SSSR count). The van der Waals surface area contributed by atoms with Gasteiger partial charge in [0.05, 0.1) is 13.1 Å². The SMILES string of the molecule is CCNCc1oc(CN(C)Cc2cccnc2)cc1C. The number of furan rings is 1. The number of rotatable bonds is 7. The first-order valence-electron chi connectivity index (χ1n) is 7.05. The van der Waals surface area contributed by atoms with E-state index in [2.05, 4.69) is 48.2 Å². The highest BCUT2D eigenvalue weighted by Crippen LogP contribution is 2.16. The molecule has 1 N–H and O–H groups in total. The number of hydrogen-bond donors (Lipinski definition) is 1. The Balaban J connectivity index is 1.92. The number of nitrogens with zero attached hydrogens (tertiary/aromatic N) is 2. The number of pyridine rings is 1.